The van der Waals surface area contributed by atoms with Gasteiger partial charge in [-0.1, -0.05) is 111 Å². The van der Waals surface area contributed by atoms with E-state index < -0.39 is 0 Å². The third kappa shape index (κ3) is 3.27. The van der Waals surface area contributed by atoms with E-state index in [1.165, 1.54) is 91.8 Å². The lowest BCUT2D eigenvalue weighted by atomic mass is 9.61. The molecule has 0 radical (unpaired) electrons. The highest BCUT2D eigenvalue weighted by molar-refractivity contribution is 5.96. The van der Waals surface area contributed by atoms with Crippen LogP contribution in [0.4, 0.5) is 11.4 Å². The molecular formula is C46H36N2. The SMILES string of the molecule is CC12CCCCC1(C)N(c1ccc(C#N)cc1)c1ccc(-c3ccc4c(c3)-c3ccccc3C43c4ccccc4-c4ccccc43)cc12. The van der Waals surface area contributed by atoms with E-state index >= 15 is 0 Å². The summed E-state index contributed by atoms with van der Waals surface area (Å²) < 4.78 is 0. The van der Waals surface area contributed by atoms with E-state index in [4.69, 9.17) is 0 Å². The van der Waals surface area contributed by atoms with Crippen molar-refractivity contribution in [3.63, 3.8) is 0 Å². The van der Waals surface area contributed by atoms with E-state index in [0.29, 0.717) is 5.56 Å². The molecule has 0 bridgehead atoms. The van der Waals surface area contributed by atoms with Crippen LogP contribution in [-0.2, 0) is 10.8 Å². The second-order valence-corrected chi connectivity index (χ2v) is 14.7. The number of nitrogens with zero attached hydrogens (tertiary/aromatic N) is 2. The molecule has 1 spiro atoms. The van der Waals surface area contributed by atoms with Gasteiger partial charge in [-0.2, -0.15) is 5.26 Å². The van der Waals surface area contributed by atoms with Crippen LogP contribution >= 0.6 is 0 Å². The van der Waals surface area contributed by atoms with Crippen LogP contribution in [0.3, 0.4) is 0 Å². The molecule has 48 heavy (non-hydrogen) atoms. The van der Waals surface area contributed by atoms with Gasteiger partial charge in [-0.15, -0.1) is 0 Å². The molecule has 1 saturated carbocycles. The molecule has 1 aliphatic heterocycles. The molecule has 1 fully saturated rings. The number of fused-ring (bicyclic) bond motifs is 13. The smallest absolute Gasteiger partial charge is 0.0991 e. The van der Waals surface area contributed by atoms with E-state index in [1.54, 1.807) is 0 Å². The van der Waals surface area contributed by atoms with Gasteiger partial charge in [0, 0.05) is 16.8 Å². The molecular weight excluding hydrogens is 581 g/mol. The number of anilines is 2. The fraction of sp³-hybridized carbons (Fsp3) is 0.196. The van der Waals surface area contributed by atoms with E-state index in [0.717, 1.165) is 6.42 Å². The zero-order chi connectivity index (χ0) is 32.3. The fourth-order valence-electron chi connectivity index (χ4n) is 10.3. The maximum Gasteiger partial charge on any atom is 0.0991 e. The van der Waals surface area contributed by atoms with Crippen molar-refractivity contribution in [2.24, 2.45) is 0 Å². The number of nitriles is 1. The van der Waals surface area contributed by atoms with Crippen molar-refractivity contribution in [1.82, 2.24) is 0 Å². The van der Waals surface area contributed by atoms with Gasteiger partial charge in [0.15, 0.2) is 0 Å². The van der Waals surface area contributed by atoms with Crippen LogP contribution in [0, 0.1) is 11.3 Å². The lowest BCUT2D eigenvalue weighted by molar-refractivity contribution is 0.195. The molecule has 6 aromatic carbocycles. The Morgan fingerprint density at radius 1 is 0.542 bits per heavy atom. The molecule has 0 saturated heterocycles. The van der Waals surface area contributed by atoms with Crippen LogP contribution in [0.25, 0.3) is 33.4 Å². The molecule has 2 unspecified atom stereocenters. The van der Waals surface area contributed by atoms with Gasteiger partial charge in [0.25, 0.3) is 0 Å². The maximum atomic E-state index is 9.47. The summed E-state index contributed by atoms with van der Waals surface area (Å²) >= 11 is 0. The van der Waals surface area contributed by atoms with E-state index in [2.05, 4.69) is 146 Å². The molecule has 10 rings (SSSR count). The van der Waals surface area contributed by atoms with Crippen LogP contribution in [0.5, 0.6) is 0 Å². The highest BCUT2D eigenvalue weighted by Crippen LogP contribution is 2.64. The summed E-state index contributed by atoms with van der Waals surface area (Å²) in [4.78, 5) is 2.59. The minimum Gasteiger partial charge on any atom is -0.334 e. The number of hydrogen-bond donors (Lipinski definition) is 0. The largest absolute Gasteiger partial charge is 0.334 e. The predicted octanol–water partition coefficient (Wildman–Crippen LogP) is 11.3. The van der Waals surface area contributed by atoms with Crippen molar-refractivity contribution in [1.29, 1.82) is 5.26 Å². The Labute approximate surface area is 282 Å². The Bertz CT molecular complexity index is 2310. The Balaban J connectivity index is 1.16. The Kier molecular flexibility index (Phi) is 5.53. The Morgan fingerprint density at radius 3 is 1.73 bits per heavy atom. The average Bonchev–Trinajstić information content (AvgIpc) is 3.68. The first-order valence-corrected chi connectivity index (χ1v) is 17.4. The summed E-state index contributed by atoms with van der Waals surface area (Å²) in [5.74, 6) is 0. The van der Waals surface area contributed by atoms with E-state index in [1.807, 2.05) is 12.1 Å². The van der Waals surface area contributed by atoms with Crippen molar-refractivity contribution < 1.29 is 0 Å². The van der Waals surface area contributed by atoms with Crippen molar-refractivity contribution >= 4 is 11.4 Å². The quantitative estimate of drug-likeness (QED) is 0.193. The average molecular weight is 617 g/mol. The zero-order valence-electron chi connectivity index (χ0n) is 27.4. The van der Waals surface area contributed by atoms with Gasteiger partial charge in [-0.05, 0) is 123 Å². The normalized spacial score (nSPS) is 21.9. The van der Waals surface area contributed by atoms with Crippen molar-refractivity contribution in [2.45, 2.75) is 55.9 Å². The minimum atomic E-state index is -0.311. The molecule has 0 amide bonds. The molecule has 4 aliphatic rings. The summed E-state index contributed by atoms with van der Waals surface area (Å²) in [7, 11) is 0. The molecule has 0 N–H and O–H groups in total. The summed E-state index contributed by atoms with van der Waals surface area (Å²) in [6.45, 7) is 4.96. The third-order valence-electron chi connectivity index (χ3n) is 12.7. The van der Waals surface area contributed by atoms with Crippen molar-refractivity contribution in [3.05, 3.63) is 167 Å². The van der Waals surface area contributed by atoms with Crippen LogP contribution in [-0.4, -0.2) is 5.54 Å². The standard InChI is InChI=1S/C46H36N2/c1-44-25-9-10-26-45(44,2)48(33-21-17-30(29-47)18-22-33)43-24-20-32(28-42(43)44)31-19-23-41-37(27-31)36-13-5-8-16-40(36)46(41)38-14-6-3-11-34(38)35-12-4-7-15-39(35)46/h3-8,11-24,27-28H,9-10,25-26H2,1-2H3. The summed E-state index contributed by atoms with van der Waals surface area (Å²) in [6, 6.07) is 52.0. The second-order valence-electron chi connectivity index (χ2n) is 14.7. The molecule has 230 valence electrons. The Hall–Kier alpha value is -5.39. The number of rotatable bonds is 2. The van der Waals surface area contributed by atoms with Gasteiger partial charge >= 0.3 is 0 Å². The van der Waals surface area contributed by atoms with E-state index in [-0.39, 0.29) is 16.4 Å². The summed E-state index contributed by atoms with van der Waals surface area (Å²) in [6.07, 6.45) is 4.80. The highest BCUT2D eigenvalue weighted by Gasteiger charge is 2.58. The first kappa shape index (κ1) is 27.7. The molecule has 6 aromatic rings. The second kappa shape index (κ2) is 9.59. The molecule has 2 atom stereocenters. The van der Waals surface area contributed by atoms with Gasteiger partial charge in [0.1, 0.15) is 0 Å². The fourth-order valence-corrected chi connectivity index (χ4v) is 10.3. The van der Waals surface area contributed by atoms with E-state index in [9.17, 15) is 5.26 Å². The van der Waals surface area contributed by atoms with Crippen LogP contribution in [0.1, 0.15) is 72.9 Å². The van der Waals surface area contributed by atoms with Crippen LogP contribution in [0.2, 0.25) is 0 Å². The van der Waals surface area contributed by atoms with Gasteiger partial charge < -0.3 is 4.90 Å². The molecule has 2 nitrogen and oxygen atoms in total. The summed E-state index contributed by atoms with van der Waals surface area (Å²) in [5, 5.41) is 9.47. The molecule has 3 aliphatic carbocycles. The molecule has 0 aromatic heterocycles. The number of hydrogen-bond acceptors (Lipinski definition) is 2. The summed E-state index contributed by atoms with van der Waals surface area (Å²) in [5.41, 5.74) is 17.7. The first-order chi connectivity index (χ1) is 23.5. The van der Waals surface area contributed by atoms with Crippen LogP contribution < -0.4 is 4.90 Å². The topological polar surface area (TPSA) is 27.0 Å². The first-order valence-electron chi connectivity index (χ1n) is 17.4. The molecule has 1 heterocycles. The maximum absolute atomic E-state index is 9.47. The Morgan fingerprint density at radius 2 is 1.08 bits per heavy atom. The number of benzene rings is 6. The van der Waals surface area contributed by atoms with Gasteiger partial charge in [0.05, 0.1) is 22.6 Å². The lowest BCUT2D eigenvalue weighted by Crippen LogP contribution is -2.54. The minimum absolute atomic E-state index is 0.0230. The monoisotopic (exact) mass is 616 g/mol. The van der Waals surface area contributed by atoms with Crippen molar-refractivity contribution in [3.8, 4) is 39.4 Å². The predicted molar refractivity (Wildman–Crippen MR) is 196 cm³/mol. The lowest BCUT2D eigenvalue weighted by Gasteiger charge is -2.50. The molecule has 2 heteroatoms. The van der Waals surface area contributed by atoms with Gasteiger partial charge in [-0.25, -0.2) is 0 Å². The van der Waals surface area contributed by atoms with Gasteiger partial charge in [0.2, 0.25) is 0 Å². The highest BCUT2D eigenvalue weighted by atomic mass is 15.3. The van der Waals surface area contributed by atoms with Crippen LogP contribution in [0.15, 0.2) is 133 Å². The third-order valence-corrected chi connectivity index (χ3v) is 12.7. The van der Waals surface area contributed by atoms with Crippen molar-refractivity contribution in [2.75, 3.05) is 4.90 Å². The van der Waals surface area contributed by atoms with Gasteiger partial charge in [-0.3, -0.25) is 0 Å². The zero-order valence-corrected chi connectivity index (χ0v) is 27.4.